The summed E-state index contributed by atoms with van der Waals surface area (Å²) in [4.78, 5) is 6.73. The Morgan fingerprint density at radius 3 is 3.00 bits per heavy atom. The minimum atomic E-state index is 0.730. The van der Waals surface area contributed by atoms with Crippen LogP contribution in [0, 0.1) is 0 Å². The predicted molar refractivity (Wildman–Crippen MR) is 68.2 cm³/mol. The molecule has 0 aromatic carbocycles. The van der Waals surface area contributed by atoms with Crippen LogP contribution in [0.5, 0.6) is 5.88 Å². The van der Waals surface area contributed by atoms with E-state index in [-0.39, 0.29) is 0 Å². The molecule has 0 amide bonds. The van der Waals surface area contributed by atoms with Gasteiger partial charge in [0.15, 0.2) is 0 Å². The third-order valence-electron chi connectivity index (χ3n) is 3.06. The van der Waals surface area contributed by atoms with Gasteiger partial charge in [0, 0.05) is 24.8 Å². The molecule has 0 bridgehead atoms. The van der Waals surface area contributed by atoms with E-state index in [0.29, 0.717) is 0 Å². The highest BCUT2D eigenvalue weighted by atomic mass is 16.5. The van der Waals surface area contributed by atoms with Crippen molar-refractivity contribution in [2.45, 2.75) is 19.4 Å². The summed E-state index contributed by atoms with van der Waals surface area (Å²) in [6.45, 7) is 4.97. The van der Waals surface area contributed by atoms with E-state index >= 15 is 0 Å². The van der Waals surface area contributed by atoms with Crippen LogP contribution in [0.2, 0.25) is 0 Å². The fraction of sp³-hybridized carbons (Fsp3) is 0.615. The Hall–Kier alpha value is -1.13. The van der Waals surface area contributed by atoms with E-state index in [9.17, 15) is 0 Å². The van der Waals surface area contributed by atoms with Crippen molar-refractivity contribution in [3.63, 3.8) is 0 Å². The van der Waals surface area contributed by atoms with E-state index in [2.05, 4.69) is 21.3 Å². The summed E-state index contributed by atoms with van der Waals surface area (Å²) in [6, 6.07) is 3.99. The number of rotatable bonds is 6. The lowest BCUT2D eigenvalue weighted by Gasteiger charge is -2.15. The Balaban J connectivity index is 1.80. The summed E-state index contributed by atoms with van der Waals surface area (Å²) in [5, 5.41) is 3.13. The topological polar surface area (TPSA) is 37.4 Å². The molecule has 0 atom stereocenters. The molecular weight excluding hydrogens is 214 g/mol. The van der Waals surface area contributed by atoms with E-state index in [1.54, 1.807) is 6.20 Å². The van der Waals surface area contributed by atoms with Crippen LogP contribution < -0.4 is 10.1 Å². The van der Waals surface area contributed by atoms with Crippen LogP contribution in [0.1, 0.15) is 18.4 Å². The summed E-state index contributed by atoms with van der Waals surface area (Å²) < 4.78 is 5.76. The first-order valence-corrected chi connectivity index (χ1v) is 6.34. The first-order valence-electron chi connectivity index (χ1n) is 6.34. The van der Waals surface area contributed by atoms with Gasteiger partial charge in [-0.2, -0.15) is 0 Å². The molecule has 1 aromatic rings. The lowest BCUT2D eigenvalue weighted by molar-refractivity contribution is 0.230. The molecule has 1 N–H and O–H groups in total. The fourth-order valence-corrected chi connectivity index (χ4v) is 2.16. The number of aromatic nitrogens is 1. The first-order chi connectivity index (χ1) is 8.40. The van der Waals surface area contributed by atoms with Crippen LogP contribution in [0.3, 0.4) is 0 Å². The summed E-state index contributed by atoms with van der Waals surface area (Å²) in [7, 11) is 1.93. The molecular formula is C13H21N3O. The third-order valence-corrected chi connectivity index (χ3v) is 3.06. The van der Waals surface area contributed by atoms with Gasteiger partial charge in [0.05, 0.1) is 0 Å². The minimum absolute atomic E-state index is 0.730. The Bertz CT molecular complexity index is 337. The van der Waals surface area contributed by atoms with Crippen molar-refractivity contribution in [3.05, 3.63) is 23.9 Å². The second-order valence-corrected chi connectivity index (χ2v) is 4.40. The second kappa shape index (κ2) is 6.57. The molecule has 1 aromatic heterocycles. The average molecular weight is 235 g/mol. The monoisotopic (exact) mass is 235 g/mol. The lowest BCUT2D eigenvalue weighted by Crippen LogP contribution is -2.25. The van der Waals surface area contributed by atoms with Crippen LogP contribution in [-0.2, 0) is 6.54 Å². The van der Waals surface area contributed by atoms with Crippen LogP contribution in [-0.4, -0.2) is 43.2 Å². The lowest BCUT2D eigenvalue weighted by atomic mass is 10.3. The number of nitrogens with one attached hydrogen (secondary N) is 1. The smallest absolute Gasteiger partial charge is 0.217 e. The second-order valence-electron chi connectivity index (χ2n) is 4.40. The van der Waals surface area contributed by atoms with E-state index in [4.69, 9.17) is 4.74 Å². The molecule has 94 valence electrons. The van der Waals surface area contributed by atoms with Crippen molar-refractivity contribution < 1.29 is 4.74 Å². The van der Waals surface area contributed by atoms with Gasteiger partial charge < -0.3 is 10.1 Å². The number of ether oxygens (including phenoxy) is 1. The maximum atomic E-state index is 5.76. The van der Waals surface area contributed by atoms with Gasteiger partial charge in [-0.1, -0.05) is 6.07 Å². The molecule has 1 fully saturated rings. The van der Waals surface area contributed by atoms with Crippen molar-refractivity contribution in [2.24, 2.45) is 0 Å². The zero-order valence-corrected chi connectivity index (χ0v) is 10.5. The highest BCUT2D eigenvalue weighted by Crippen LogP contribution is 2.14. The number of hydrogen-bond acceptors (Lipinski definition) is 4. The first kappa shape index (κ1) is 12.3. The Labute approximate surface area is 103 Å². The third kappa shape index (κ3) is 3.68. The Morgan fingerprint density at radius 1 is 1.41 bits per heavy atom. The van der Waals surface area contributed by atoms with Crippen molar-refractivity contribution in [1.82, 2.24) is 15.2 Å². The fourth-order valence-electron chi connectivity index (χ4n) is 2.16. The van der Waals surface area contributed by atoms with Gasteiger partial charge >= 0.3 is 0 Å². The van der Waals surface area contributed by atoms with Gasteiger partial charge in [-0.05, 0) is 39.0 Å². The molecule has 1 aliphatic heterocycles. The zero-order valence-electron chi connectivity index (χ0n) is 10.5. The van der Waals surface area contributed by atoms with Crippen molar-refractivity contribution in [3.8, 4) is 5.88 Å². The van der Waals surface area contributed by atoms with Crippen LogP contribution in [0.15, 0.2) is 18.3 Å². The summed E-state index contributed by atoms with van der Waals surface area (Å²) in [5.41, 5.74) is 1.12. The van der Waals surface area contributed by atoms with Gasteiger partial charge in [-0.15, -0.1) is 0 Å². The largest absolute Gasteiger partial charge is 0.476 e. The van der Waals surface area contributed by atoms with E-state index < -0.39 is 0 Å². The van der Waals surface area contributed by atoms with E-state index in [1.165, 1.54) is 25.9 Å². The molecule has 4 heteroatoms. The molecule has 0 radical (unpaired) electrons. The molecule has 0 saturated carbocycles. The van der Waals surface area contributed by atoms with Crippen LogP contribution in [0.4, 0.5) is 0 Å². The standard InChI is InChI=1S/C13H21N3O/c1-14-11-12-5-4-6-15-13(12)17-10-9-16-7-2-3-8-16/h4-6,14H,2-3,7-11H2,1H3. The van der Waals surface area contributed by atoms with Gasteiger partial charge in [0.25, 0.3) is 0 Å². The Kier molecular flexibility index (Phi) is 4.76. The van der Waals surface area contributed by atoms with Crippen molar-refractivity contribution in [2.75, 3.05) is 33.3 Å². The summed E-state index contributed by atoms with van der Waals surface area (Å²) in [6.07, 6.45) is 4.44. The quantitative estimate of drug-likeness (QED) is 0.806. The van der Waals surface area contributed by atoms with Crippen LogP contribution in [0.25, 0.3) is 0 Å². The van der Waals surface area contributed by atoms with Gasteiger partial charge in [-0.3, -0.25) is 4.90 Å². The van der Waals surface area contributed by atoms with Crippen LogP contribution >= 0.6 is 0 Å². The molecule has 4 nitrogen and oxygen atoms in total. The normalized spacial score (nSPS) is 16.3. The molecule has 1 saturated heterocycles. The number of pyridine rings is 1. The molecule has 2 heterocycles. The predicted octanol–water partition coefficient (Wildman–Crippen LogP) is 1.28. The molecule has 1 aliphatic rings. The molecule has 0 unspecified atom stereocenters. The van der Waals surface area contributed by atoms with E-state index in [1.807, 2.05) is 13.1 Å². The SMILES string of the molecule is CNCc1cccnc1OCCN1CCCC1. The van der Waals surface area contributed by atoms with Crippen molar-refractivity contribution in [1.29, 1.82) is 0 Å². The molecule has 2 rings (SSSR count). The molecule has 0 aliphatic carbocycles. The number of likely N-dealkylation sites (tertiary alicyclic amines) is 1. The Morgan fingerprint density at radius 2 is 2.24 bits per heavy atom. The van der Waals surface area contributed by atoms with Gasteiger partial charge in [0.1, 0.15) is 6.61 Å². The maximum absolute atomic E-state index is 5.76. The zero-order chi connectivity index (χ0) is 11.9. The highest BCUT2D eigenvalue weighted by Gasteiger charge is 2.11. The number of hydrogen-bond donors (Lipinski definition) is 1. The van der Waals surface area contributed by atoms with Gasteiger partial charge in [0.2, 0.25) is 5.88 Å². The average Bonchev–Trinajstić information content (AvgIpc) is 2.85. The van der Waals surface area contributed by atoms with Gasteiger partial charge in [-0.25, -0.2) is 4.98 Å². The van der Waals surface area contributed by atoms with E-state index in [0.717, 1.165) is 31.1 Å². The molecule has 0 spiro atoms. The maximum Gasteiger partial charge on any atom is 0.217 e. The minimum Gasteiger partial charge on any atom is -0.476 e. The highest BCUT2D eigenvalue weighted by molar-refractivity contribution is 5.25. The molecule has 17 heavy (non-hydrogen) atoms. The summed E-state index contributed by atoms with van der Waals surface area (Å²) >= 11 is 0. The number of nitrogens with zero attached hydrogens (tertiary/aromatic N) is 2. The van der Waals surface area contributed by atoms with Crippen molar-refractivity contribution >= 4 is 0 Å². The summed E-state index contributed by atoms with van der Waals surface area (Å²) in [5.74, 6) is 0.765.